The lowest BCUT2D eigenvalue weighted by Crippen LogP contribution is -2.53. The second-order valence-corrected chi connectivity index (χ2v) is 14.3. The molecule has 0 saturated heterocycles. The van der Waals surface area contributed by atoms with E-state index in [0.29, 0.717) is 11.2 Å². The number of ketones is 1. The molecule has 0 spiro atoms. The van der Waals surface area contributed by atoms with Gasteiger partial charge in [0.2, 0.25) is 5.91 Å². The summed E-state index contributed by atoms with van der Waals surface area (Å²) in [6.07, 6.45) is 19.0. The molecule has 4 nitrogen and oxygen atoms in total. The van der Waals surface area contributed by atoms with Crippen LogP contribution in [0.2, 0.25) is 0 Å². The van der Waals surface area contributed by atoms with Crippen LogP contribution in [-0.4, -0.2) is 41.4 Å². The van der Waals surface area contributed by atoms with Crippen molar-refractivity contribution in [2.45, 2.75) is 137 Å². The molecular formula is C34H57NO3. The van der Waals surface area contributed by atoms with Gasteiger partial charge in [-0.2, -0.15) is 0 Å². The van der Waals surface area contributed by atoms with Crippen LogP contribution in [0.4, 0.5) is 0 Å². The number of carbonyl (C=O) groups is 2. The van der Waals surface area contributed by atoms with Crippen molar-refractivity contribution in [2.24, 2.45) is 40.4 Å². The highest BCUT2D eigenvalue weighted by Crippen LogP contribution is 2.68. The van der Waals surface area contributed by atoms with E-state index in [-0.39, 0.29) is 17.7 Å². The van der Waals surface area contributed by atoms with E-state index in [4.69, 9.17) is 0 Å². The van der Waals surface area contributed by atoms with Crippen molar-refractivity contribution in [1.82, 2.24) is 4.90 Å². The van der Waals surface area contributed by atoms with E-state index in [1.54, 1.807) is 4.90 Å². The van der Waals surface area contributed by atoms with Crippen LogP contribution in [0, 0.1) is 40.4 Å². The van der Waals surface area contributed by atoms with Crippen molar-refractivity contribution in [3.8, 4) is 0 Å². The Hall–Kier alpha value is -1.16. The molecule has 0 aromatic heterocycles. The summed E-state index contributed by atoms with van der Waals surface area (Å²) in [5, 5.41) is 10.4. The molecule has 3 saturated carbocycles. The molecule has 0 bridgehead atoms. The van der Waals surface area contributed by atoms with Crippen molar-refractivity contribution >= 4 is 11.7 Å². The summed E-state index contributed by atoms with van der Waals surface area (Å²) in [5.41, 5.74) is 2.26. The van der Waals surface area contributed by atoms with Crippen LogP contribution in [0.1, 0.15) is 130 Å². The number of unbranched alkanes of at least 4 members (excludes halogenated alkanes) is 4. The number of aliphatic hydroxyl groups is 1. The first kappa shape index (κ1) is 29.8. The maximum atomic E-state index is 12.4. The van der Waals surface area contributed by atoms with E-state index >= 15 is 0 Å². The van der Waals surface area contributed by atoms with Crippen molar-refractivity contribution in [2.75, 3.05) is 13.6 Å². The Morgan fingerprint density at radius 1 is 1.08 bits per heavy atom. The van der Waals surface area contributed by atoms with Crippen LogP contribution >= 0.6 is 0 Å². The van der Waals surface area contributed by atoms with Crippen molar-refractivity contribution in [3.63, 3.8) is 0 Å². The predicted molar refractivity (Wildman–Crippen MR) is 156 cm³/mol. The van der Waals surface area contributed by atoms with Gasteiger partial charge in [-0.05, 0) is 104 Å². The predicted octanol–water partition coefficient (Wildman–Crippen LogP) is 7.73. The number of hydrogen-bond acceptors (Lipinski definition) is 3. The van der Waals surface area contributed by atoms with Crippen LogP contribution in [-0.2, 0) is 9.59 Å². The first-order valence-corrected chi connectivity index (χ1v) is 16.3. The molecule has 0 aliphatic heterocycles. The molecule has 1 N–H and O–H groups in total. The fourth-order valence-corrected chi connectivity index (χ4v) is 9.38. The molecule has 1 unspecified atom stereocenters. The molecule has 38 heavy (non-hydrogen) atoms. The number of rotatable bonds is 12. The van der Waals surface area contributed by atoms with E-state index in [1.807, 2.05) is 7.05 Å². The second-order valence-electron chi connectivity index (χ2n) is 14.3. The monoisotopic (exact) mass is 527 g/mol. The third kappa shape index (κ3) is 6.11. The highest BCUT2D eigenvalue weighted by atomic mass is 16.3. The van der Waals surface area contributed by atoms with Crippen molar-refractivity contribution in [1.29, 1.82) is 0 Å². The zero-order valence-electron chi connectivity index (χ0n) is 25.3. The van der Waals surface area contributed by atoms with Crippen LogP contribution in [0.5, 0.6) is 0 Å². The van der Waals surface area contributed by atoms with Gasteiger partial charge in [0.25, 0.3) is 0 Å². The zero-order chi connectivity index (χ0) is 27.5. The summed E-state index contributed by atoms with van der Waals surface area (Å²) in [5.74, 6) is 4.44. The summed E-state index contributed by atoms with van der Waals surface area (Å²) >= 11 is 0. The van der Waals surface area contributed by atoms with E-state index in [9.17, 15) is 14.7 Å². The van der Waals surface area contributed by atoms with Gasteiger partial charge in [0, 0.05) is 20.0 Å². The number of aliphatic hydroxyl groups excluding tert-OH is 1. The Morgan fingerprint density at radius 2 is 1.84 bits per heavy atom. The standard InChI is InChI=1S/C34H57NO3/c1-6-7-20-35(5)31(38)23-27(36)13-11-9-8-10-12-25-21-26-22-28(37)16-18-34(26,4)30-17-19-33(3)24(2)14-15-29(33)32(25)30/h22,24-25,27,29-30,32,36H,6-21,23H2,1-5H3/t24-,25-,27?,29+,30+,32+,33-,34+/m1/s1. The summed E-state index contributed by atoms with van der Waals surface area (Å²) in [4.78, 5) is 26.5. The SMILES string of the molecule is CCCCN(C)C(=O)CC(O)CCCCCC[C@@H]1CC2=CC(=O)CC[C@]2(C)[C@H]2CC[C@]3(C)[C@H](C)CC[C@H]3[C@H]12. The van der Waals surface area contributed by atoms with Gasteiger partial charge in [-0.3, -0.25) is 9.59 Å². The molecule has 0 aromatic carbocycles. The maximum absolute atomic E-state index is 12.4. The Labute approximate surface area is 233 Å². The molecular weight excluding hydrogens is 470 g/mol. The lowest BCUT2D eigenvalue weighted by atomic mass is 9.44. The molecule has 4 heteroatoms. The summed E-state index contributed by atoms with van der Waals surface area (Å²) < 4.78 is 0. The van der Waals surface area contributed by atoms with Gasteiger partial charge in [0.15, 0.2) is 5.78 Å². The average molecular weight is 528 g/mol. The van der Waals surface area contributed by atoms with Crippen molar-refractivity contribution in [3.05, 3.63) is 11.6 Å². The minimum Gasteiger partial charge on any atom is -0.393 e. The molecule has 8 atom stereocenters. The normalized spacial score (nSPS) is 37.2. The van der Waals surface area contributed by atoms with Gasteiger partial charge in [-0.25, -0.2) is 0 Å². The van der Waals surface area contributed by atoms with Gasteiger partial charge >= 0.3 is 0 Å². The topological polar surface area (TPSA) is 57.6 Å². The first-order valence-electron chi connectivity index (χ1n) is 16.3. The molecule has 4 aliphatic rings. The number of allylic oxidation sites excluding steroid dienone is 1. The van der Waals surface area contributed by atoms with E-state index in [0.717, 1.165) is 87.5 Å². The Morgan fingerprint density at radius 3 is 2.61 bits per heavy atom. The highest BCUT2D eigenvalue weighted by Gasteiger charge is 2.60. The summed E-state index contributed by atoms with van der Waals surface area (Å²) in [6, 6.07) is 0. The quantitative estimate of drug-likeness (QED) is 0.264. The molecule has 4 aliphatic carbocycles. The average Bonchev–Trinajstić information content (AvgIpc) is 3.19. The number of nitrogens with zero attached hydrogens (tertiary/aromatic N) is 1. The Bertz CT molecular complexity index is 866. The molecule has 3 fully saturated rings. The summed E-state index contributed by atoms with van der Waals surface area (Å²) in [6.45, 7) is 10.5. The Kier molecular flexibility index (Phi) is 9.86. The largest absolute Gasteiger partial charge is 0.393 e. The number of amides is 1. The molecule has 0 radical (unpaired) electrons. The molecule has 4 rings (SSSR count). The number of hydrogen-bond donors (Lipinski definition) is 1. The van der Waals surface area contributed by atoms with Crippen molar-refractivity contribution < 1.29 is 14.7 Å². The van der Waals surface area contributed by atoms with Crippen LogP contribution < -0.4 is 0 Å². The highest BCUT2D eigenvalue weighted by molar-refractivity contribution is 5.91. The summed E-state index contributed by atoms with van der Waals surface area (Å²) in [7, 11) is 1.85. The van der Waals surface area contributed by atoms with Crippen LogP contribution in [0.3, 0.4) is 0 Å². The van der Waals surface area contributed by atoms with Gasteiger partial charge in [0.1, 0.15) is 0 Å². The second kappa shape index (κ2) is 12.6. The lowest BCUT2D eigenvalue weighted by molar-refractivity contribution is -0.132. The minimum atomic E-state index is -0.511. The molecule has 216 valence electrons. The Balaban J connectivity index is 1.29. The van der Waals surface area contributed by atoms with E-state index < -0.39 is 6.10 Å². The molecule has 0 heterocycles. The third-order valence-corrected chi connectivity index (χ3v) is 12.2. The minimum absolute atomic E-state index is 0.0704. The van der Waals surface area contributed by atoms with E-state index in [2.05, 4.69) is 33.8 Å². The van der Waals surface area contributed by atoms with Gasteiger partial charge in [0.05, 0.1) is 12.5 Å². The fraction of sp³-hybridized carbons (Fsp3) is 0.882. The van der Waals surface area contributed by atoms with Gasteiger partial charge in [-0.15, -0.1) is 0 Å². The third-order valence-electron chi connectivity index (χ3n) is 12.2. The maximum Gasteiger partial charge on any atom is 0.224 e. The number of carbonyl (C=O) groups excluding carboxylic acids is 2. The van der Waals surface area contributed by atoms with Gasteiger partial charge < -0.3 is 10.0 Å². The molecule has 1 amide bonds. The number of fused-ring (bicyclic) bond motifs is 5. The smallest absolute Gasteiger partial charge is 0.224 e. The van der Waals surface area contributed by atoms with Crippen LogP contribution in [0.25, 0.3) is 0 Å². The van der Waals surface area contributed by atoms with Crippen LogP contribution in [0.15, 0.2) is 11.6 Å². The molecule has 0 aromatic rings. The zero-order valence-corrected chi connectivity index (χ0v) is 25.3. The van der Waals surface area contributed by atoms with E-state index in [1.165, 1.54) is 50.5 Å². The van der Waals surface area contributed by atoms with Gasteiger partial charge in [-0.1, -0.05) is 65.4 Å². The first-order chi connectivity index (χ1) is 18.1. The lowest BCUT2D eigenvalue weighted by Gasteiger charge is -2.60. The fourth-order valence-electron chi connectivity index (χ4n) is 9.38.